The van der Waals surface area contributed by atoms with Crippen LogP contribution in [0.3, 0.4) is 0 Å². The number of aryl methyl sites for hydroxylation is 1. The van der Waals surface area contributed by atoms with Gasteiger partial charge in [-0.3, -0.25) is 4.79 Å². The Morgan fingerprint density at radius 2 is 2.16 bits per heavy atom. The number of hydrogen-bond donors (Lipinski definition) is 1. The van der Waals surface area contributed by atoms with Crippen LogP contribution < -0.4 is 10.5 Å². The van der Waals surface area contributed by atoms with Crippen molar-refractivity contribution in [3.63, 3.8) is 0 Å². The normalized spacial score (nSPS) is 11.0. The number of hydrogen-bond acceptors (Lipinski definition) is 6. The number of nitrogens with two attached hydrogens (primary N) is 1. The Labute approximate surface area is 145 Å². The lowest BCUT2D eigenvalue weighted by Gasteiger charge is -2.10. The molecule has 0 amide bonds. The Hall–Kier alpha value is -2.96. The second kappa shape index (κ2) is 7.29. The minimum absolute atomic E-state index is 0.364. The first-order valence-electron chi connectivity index (χ1n) is 8.25. The summed E-state index contributed by atoms with van der Waals surface area (Å²) in [5, 5.41) is 0. The number of benzene rings is 1. The van der Waals surface area contributed by atoms with Gasteiger partial charge in [0, 0.05) is 18.5 Å². The fourth-order valence-corrected chi connectivity index (χ4v) is 2.83. The summed E-state index contributed by atoms with van der Waals surface area (Å²) in [6, 6.07) is 5.40. The number of nitrogen functional groups attached to an aromatic ring is 1. The van der Waals surface area contributed by atoms with Gasteiger partial charge in [-0.25, -0.2) is 15.0 Å². The van der Waals surface area contributed by atoms with E-state index >= 15 is 0 Å². The summed E-state index contributed by atoms with van der Waals surface area (Å²) in [5.41, 5.74) is 8.76. The Morgan fingerprint density at radius 1 is 1.32 bits per heavy atom. The molecule has 0 unspecified atom stereocenters. The average molecular weight is 339 g/mol. The van der Waals surface area contributed by atoms with Gasteiger partial charge in [-0.15, -0.1) is 0 Å². The van der Waals surface area contributed by atoms with Crippen LogP contribution in [-0.2, 0) is 13.0 Å². The predicted octanol–water partition coefficient (Wildman–Crippen LogP) is 2.62. The molecule has 0 aliphatic heterocycles. The van der Waals surface area contributed by atoms with Gasteiger partial charge in [-0.1, -0.05) is 13.3 Å². The van der Waals surface area contributed by atoms with Crippen molar-refractivity contribution in [3.8, 4) is 5.75 Å². The van der Waals surface area contributed by atoms with E-state index in [0.29, 0.717) is 29.1 Å². The predicted molar refractivity (Wildman–Crippen MR) is 95.8 cm³/mol. The van der Waals surface area contributed by atoms with E-state index in [4.69, 9.17) is 10.5 Å². The number of fused-ring (bicyclic) bond motifs is 1. The molecule has 7 heteroatoms. The molecule has 0 radical (unpaired) electrons. The summed E-state index contributed by atoms with van der Waals surface area (Å²) in [4.78, 5) is 24.4. The Kier molecular flexibility index (Phi) is 4.92. The number of carbonyl (C=O) groups excluding carboxylic acids is 1. The molecule has 0 aliphatic rings. The van der Waals surface area contributed by atoms with Crippen molar-refractivity contribution in [1.29, 1.82) is 0 Å². The molecule has 0 aliphatic carbocycles. The molecule has 2 aromatic heterocycles. The number of aromatic nitrogens is 4. The highest BCUT2D eigenvalue weighted by Gasteiger charge is 2.16. The van der Waals surface area contributed by atoms with E-state index in [0.717, 1.165) is 42.7 Å². The quantitative estimate of drug-likeness (QED) is 0.665. The molecule has 130 valence electrons. The number of anilines is 1. The average Bonchev–Trinajstić information content (AvgIpc) is 2.98. The molecule has 3 rings (SSSR count). The van der Waals surface area contributed by atoms with Crippen LogP contribution in [0.2, 0.25) is 0 Å². The van der Waals surface area contributed by atoms with E-state index in [-0.39, 0.29) is 0 Å². The van der Waals surface area contributed by atoms with Crippen LogP contribution in [0.1, 0.15) is 41.5 Å². The molecule has 3 aromatic rings. The first-order valence-corrected chi connectivity index (χ1v) is 8.25. The van der Waals surface area contributed by atoms with Crippen molar-refractivity contribution in [2.24, 2.45) is 0 Å². The lowest BCUT2D eigenvalue weighted by Crippen LogP contribution is -2.07. The van der Waals surface area contributed by atoms with Crippen LogP contribution in [0.25, 0.3) is 11.2 Å². The van der Waals surface area contributed by atoms with E-state index in [1.54, 1.807) is 19.2 Å². The molecular weight excluding hydrogens is 318 g/mol. The minimum atomic E-state index is 0.364. The van der Waals surface area contributed by atoms with E-state index in [2.05, 4.69) is 26.4 Å². The van der Waals surface area contributed by atoms with Crippen LogP contribution in [-0.4, -0.2) is 32.9 Å². The zero-order valence-electron chi connectivity index (χ0n) is 14.4. The highest BCUT2D eigenvalue weighted by atomic mass is 16.5. The first kappa shape index (κ1) is 16.9. The number of aldehydes is 1. The van der Waals surface area contributed by atoms with Crippen LogP contribution >= 0.6 is 0 Å². The number of carbonyl (C=O) groups is 1. The van der Waals surface area contributed by atoms with E-state index in [9.17, 15) is 4.79 Å². The lowest BCUT2D eigenvalue weighted by atomic mass is 10.0. The zero-order chi connectivity index (χ0) is 17.8. The van der Waals surface area contributed by atoms with Gasteiger partial charge in [0.2, 0.25) is 0 Å². The SMILES string of the molecule is CCCCn1c(Cc2cc(OC)ccc2C=O)nc2c(N)ncnc21. The van der Waals surface area contributed by atoms with Gasteiger partial charge in [0.25, 0.3) is 0 Å². The number of nitrogens with zero attached hydrogens (tertiary/aromatic N) is 4. The summed E-state index contributed by atoms with van der Waals surface area (Å²) in [5.74, 6) is 1.88. The molecule has 0 spiro atoms. The summed E-state index contributed by atoms with van der Waals surface area (Å²) < 4.78 is 7.34. The number of methoxy groups -OCH3 is 1. The maximum Gasteiger partial charge on any atom is 0.165 e. The summed E-state index contributed by atoms with van der Waals surface area (Å²) in [7, 11) is 1.60. The Morgan fingerprint density at radius 3 is 2.88 bits per heavy atom. The molecule has 2 N–H and O–H groups in total. The Balaban J connectivity index is 2.09. The topological polar surface area (TPSA) is 95.9 Å². The van der Waals surface area contributed by atoms with Gasteiger partial charge in [-0.05, 0) is 30.2 Å². The van der Waals surface area contributed by atoms with Crippen LogP contribution in [0.15, 0.2) is 24.5 Å². The van der Waals surface area contributed by atoms with E-state index < -0.39 is 0 Å². The molecule has 2 heterocycles. The van der Waals surface area contributed by atoms with E-state index in [1.165, 1.54) is 6.33 Å². The van der Waals surface area contributed by atoms with Crippen molar-refractivity contribution >= 4 is 23.3 Å². The Bertz CT molecular complexity index is 904. The van der Waals surface area contributed by atoms with Crippen molar-refractivity contribution in [1.82, 2.24) is 19.5 Å². The van der Waals surface area contributed by atoms with Crippen LogP contribution in [0.4, 0.5) is 5.82 Å². The summed E-state index contributed by atoms with van der Waals surface area (Å²) in [6.07, 6.45) is 4.85. The third-order valence-electron chi connectivity index (χ3n) is 4.20. The van der Waals surface area contributed by atoms with Crippen LogP contribution in [0.5, 0.6) is 5.75 Å². The van der Waals surface area contributed by atoms with Gasteiger partial charge >= 0.3 is 0 Å². The fourth-order valence-electron chi connectivity index (χ4n) is 2.83. The van der Waals surface area contributed by atoms with Gasteiger partial charge < -0.3 is 15.0 Å². The standard InChI is InChI=1S/C18H21N5O2/c1-3-4-7-23-15(22-16-17(19)20-11-21-18(16)23)9-13-8-14(25-2)6-5-12(13)10-24/h5-6,8,10-11H,3-4,7,9H2,1-2H3,(H2,19,20,21). The highest BCUT2D eigenvalue weighted by Crippen LogP contribution is 2.23. The summed E-state index contributed by atoms with van der Waals surface area (Å²) >= 11 is 0. The smallest absolute Gasteiger partial charge is 0.165 e. The number of unbranched alkanes of at least 4 members (excludes halogenated alkanes) is 1. The maximum absolute atomic E-state index is 11.4. The van der Waals surface area contributed by atoms with Gasteiger partial charge in [-0.2, -0.15) is 0 Å². The molecule has 7 nitrogen and oxygen atoms in total. The number of rotatable bonds is 7. The first-order chi connectivity index (χ1) is 12.2. The third-order valence-corrected chi connectivity index (χ3v) is 4.20. The molecule has 0 saturated heterocycles. The molecule has 25 heavy (non-hydrogen) atoms. The molecule has 0 atom stereocenters. The molecular formula is C18H21N5O2. The highest BCUT2D eigenvalue weighted by molar-refractivity contribution is 5.82. The number of ether oxygens (including phenoxy) is 1. The van der Waals surface area contributed by atoms with Gasteiger partial charge in [0.05, 0.1) is 7.11 Å². The summed E-state index contributed by atoms with van der Waals surface area (Å²) in [6.45, 7) is 2.92. The number of imidazole rings is 1. The minimum Gasteiger partial charge on any atom is -0.497 e. The molecule has 0 fully saturated rings. The molecule has 0 bridgehead atoms. The zero-order valence-corrected chi connectivity index (χ0v) is 14.4. The van der Waals surface area contributed by atoms with E-state index in [1.807, 2.05) is 6.07 Å². The van der Waals surface area contributed by atoms with Crippen molar-refractivity contribution in [3.05, 3.63) is 41.5 Å². The largest absolute Gasteiger partial charge is 0.497 e. The van der Waals surface area contributed by atoms with Crippen molar-refractivity contribution in [2.75, 3.05) is 12.8 Å². The van der Waals surface area contributed by atoms with Crippen LogP contribution in [0, 0.1) is 0 Å². The second-order valence-corrected chi connectivity index (χ2v) is 5.82. The monoisotopic (exact) mass is 339 g/mol. The van der Waals surface area contributed by atoms with Gasteiger partial charge in [0.1, 0.15) is 24.2 Å². The fraction of sp³-hybridized carbons (Fsp3) is 0.333. The lowest BCUT2D eigenvalue weighted by molar-refractivity contribution is 0.112. The molecule has 1 aromatic carbocycles. The van der Waals surface area contributed by atoms with Crippen molar-refractivity contribution in [2.45, 2.75) is 32.7 Å². The van der Waals surface area contributed by atoms with Gasteiger partial charge in [0.15, 0.2) is 17.0 Å². The maximum atomic E-state index is 11.4. The molecule has 0 saturated carbocycles. The van der Waals surface area contributed by atoms with Crippen molar-refractivity contribution < 1.29 is 9.53 Å². The second-order valence-electron chi connectivity index (χ2n) is 5.82. The third kappa shape index (κ3) is 3.31.